The fraction of sp³-hybridized carbons (Fsp3) is 0.0909. The van der Waals surface area contributed by atoms with Gasteiger partial charge >= 0.3 is 6.18 Å². The topological polar surface area (TPSA) is 57.0 Å². The maximum absolute atomic E-state index is 14.4. The fourth-order valence-corrected chi connectivity index (χ4v) is 2.92. The number of aliphatic hydroxyl groups excluding tert-OH is 1. The highest BCUT2D eigenvalue weighted by molar-refractivity contribution is 6.30. The Bertz CT molecular complexity index is 1080. The summed E-state index contributed by atoms with van der Waals surface area (Å²) in [6, 6.07) is 11.3. The summed E-state index contributed by atoms with van der Waals surface area (Å²) in [5.41, 5.74) is -1.52. The van der Waals surface area contributed by atoms with E-state index in [0.717, 1.165) is 0 Å². The van der Waals surface area contributed by atoms with Crippen LogP contribution >= 0.6 is 11.6 Å². The Kier molecular flexibility index (Phi) is 6.34. The van der Waals surface area contributed by atoms with Crippen LogP contribution in [0.1, 0.15) is 28.4 Å². The third-order valence-corrected chi connectivity index (χ3v) is 4.59. The van der Waals surface area contributed by atoms with Crippen molar-refractivity contribution in [1.29, 1.82) is 5.41 Å². The molecule has 0 spiro atoms. The van der Waals surface area contributed by atoms with E-state index in [1.807, 2.05) is 0 Å². The van der Waals surface area contributed by atoms with Gasteiger partial charge in [-0.05, 0) is 48.0 Å². The van der Waals surface area contributed by atoms with Crippen LogP contribution in [0.3, 0.4) is 0 Å². The molecule has 3 aromatic rings. The lowest BCUT2D eigenvalue weighted by Gasteiger charge is -2.18. The molecule has 1 atom stereocenters. The summed E-state index contributed by atoms with van der Waals surface area (Å²) < 4.78 is 53.7. The zero-order valence-electron chi connectivity index (χ0n) is 15.3. The van der Waals surface area contributed by atoms with Gasteiger partial charge < -0.3 is 5.11 Å². The second-order valence-electron chi connectivity index (χ2n) is 6.41. The molecule has 0 fully saturated rings. The lowest BCUT2D eigenvalue weighted by Crippen LogP contribution is -2.15. The smallest absolute Gasteiger partial charge is 0.384 e. The molecule has 2 aromatic carbocycles. The van der Waals surface area contributed by atoms with Gasteiger partial charge in [-0.3, -0.25) is 10.4 Å². The van der Waals surface area contributed by atoms with Crippen LogP contribution in [0.5, 0.6) is 0 Å². The Hall–Kier alpha value is -3.03. The molecule has 0 amide bonds. The van der Waals surface area contributed by atoms with Crippen LogP contribution in [0.4, 0.5) is 17.6 Å². The summed E-state index contributed by atoms with van der Waals surface area (Å²) >= 11 is 5.87. The van der Waals surface area contributed by atoms with Crippen molar-refractivity contribution in [2.45, 2.75) is 12.3 Å². The van der Waals surface area contributed by atoms with E-state index in [1.165, 1.54) is 18.5 Å². The largest absolute Gasteiger partial charge is 0.416 e. The summed E-state index contributed by atoms with van der Waals surface area (Å²) in [5, 5.41) is 19.7. The van der Waals surface area contributed by atoms with Gasteiger partial charge in [0.05, 0.1) is 11.3 Å². The normalized spacial score (nSPS) is 13.2. The van der Waals surface area contributed by atoms with Gasteiger partial charge in [-0.2, -0.15) is 13.2 Å². The van der Waals surface area contributed by atoms with Gasteiger partial charge in [-0.15, -0.1) is 0 Å². The molecule has 0 aliphatic rings. The minimum absolute atomic E-state index is 0.0939. The number of hydrogen-bond acceptors (Lipinski definition) is 3. The number of halogens is 5. The van der Waals surface area contributed by atoms with E-state index in [9.17, 15) is 22.7 Å². The molecular weight excluding hydrogens is 420 g/mol. The lowest BCUT2D eigenvalue weighted by atomic mass is 9.91. The number of rotatable bonds is 5. The van der Waals surface area contributed by atoms with Crippen molar-refractivity contribution < 1.29 is 22.7 Å². The van der Waals surface area contributed by atoms with Crippen LogP contribution in [-0.4, -0.2) is 15.8 Å². The zero-order chi connectivity index (χ0) is 21.9. The summed E-state index contributed by atoms with van der Waals surface area (Å²) in [5.74, 6) is -1.01. The molecule has 154 valence electrons. The minimum atomic E-state index is -4.70. The van der Waals surface area contributed by atoms with Crippen molar-refractivity contribution in [3.8, 4) is 0 Å². The fourth-order valence-electron chi connectivity index (χ4n) is 2.79. The lowest BCUT2D eigenvalue weighted by molar-refractivity contribution is -0.137. The first kappa shape index (κ1) is 21.7. The number of pyridine rings is 1. The molecule has 8 heteroatoms. The molecule has 3 rings (SSSR count). The van der Waals surface area contributed by atoms with Crippen LogP contribution in [0.2, 0.25) is 5.02 Å². The first-order valence-electron chi connectivity index (χ1n) is 8.68. The van der Waals surface area contributed by atoms with Crippen molar-refractivity contribution in [3.63, 3.8) is 0 Å². The number of hydrogen-bond donors (Lipinski definition) is 2. The Morgan fingerprint density at radius 3 is 2.40 bits per heavy atom. The highest BCUT2D eigenvalue weighted by atomic mass is 35.5. The van der Waals surface area contributed by atoms with E-state index < -0.39 is 34.9 Å². The third kappa shape index (κ3) is 4.93. The number of aliphatic hydroxyl groups is 1. The summed E-state index contributed by atoms with van der Waals surface area (Å²) in [6.07, 6.45) is -1.89. The molecule has 0 bridgehead atoms. The average Bonchev–Trinajstić information content (AvgIpc) is 2.72. The van der Waals surface area contributed by atoms with Gasteiger partial charge in [0.15, 0.2) is 0 Å². The molecule has 1 aromatic heterocycles. The Morgan fingerprint density at radius 2 is 1.80 bits per heavy atom. The van der Waals surface area contributed by atoms with Crippen LogP contribution in [0.25, 0.3) is 6.08 Å². The van der Waals surface area contributed by atoms with E-state index in [1.54, 1.807) is 36.4 Å². The quantitative estimate of drug-likeness (QED) is 0.378. The standard InChI is InChI=1S/C22H15ClF4N2O/c23-16-6-3-13(4-7-16)10-18(21(30)14-2-1-9-29-12-14)20(28)17-11-15(22(25,26)27)5-8-19(17)24/h1-12,21,28,30H. The van der Waals surface area contributed by atoms with Gasteiger partial charge in [-0.1, -0.05) is 29.8 Å². The maximum atomic E-state index is 14.4. The van der Waals surface area contributed by atoms with Crippen LogP contribution in [0, 0.1) is 11.2 Å². The molecule has 0 aliphatic carbocycles. The van der Waals surface area contributed by atoms with Gasteiger partial charge in [-0.25, -0.2) is 4.39 Å². The summed E-state index contributed by atoms with van der Waals surface area (Å²) in [4.78, 5) is 3.90. The van der Waals surface area contributed by atoms with Crippen molar-refractivity contribution in [2.24, 2.45) is 0 Å². The van der Waals surface area contributed by atoms with Crippen molar-refractivity contribution in [3.05, 3.63) is 106 Å². The van der Waals surface area contributed by atoms with Crippen LogP contribution in [-0.2, 0) is 6.18 Å². The molecule has 30 heavy (non-hydrogen) atoms. The minimum Gasteiger partial charge on any atom is -0.384 e. The van der Waals surface area contributed by atoms with E-state index in [-0.39, 0.29) is 5.57 Å². The maximum Gasteiger partial charge on any atom is 0.416 e. The summed E-state index contributed by atoms with van der Waals surface area (Å²) in [7, 11) is 0. The number of nitrogens with one attached hydrogen (secondary N) is 1. The Labute approximate surface area is 174 Å². The molecule has 2 N–H and O–H groups in total. The van der Waals surface area contributed by atoms with Gasteiger partial charge in [0.1, 0.15) is 11.9 Å². The molecule has 0 radical (unpaired) electrons. The second-order valence-corrected chi connectivity index (χ2v) is 6.84. The second kappa shape index (κ2) is 8.77. The number of nitrogens with zero attached hydrogens (tertiary/aromatic N) is 1. The monoisotopic (exact) mass is 434 g/mol. The highest BCUT2D eigenvalue weighted by Gasteiger charge is 2.32. The molecule has 0 saturated heterocycles. The van der Waals surface area contributed by atoms with Gasteiger partial charge in [0, 0.05) is 34.1 Å². The van der Waals surface area contributed by atoms with Crippen LogP contribution in [0.15, 0.2) is 72.6 Å². The van der Waals surface area contributed by atoms with E-state index in [4.69, 9.17) is 17.0 Å². The first-order chi connectivity index (χ1) is 14.2. The molecule has 0 aliphatic heterocycles. The summed E-state index contributed by atoms with van der Waals surface area (Å²) in [6.45, 7) is 0. The van der Waals surface area contributed by atoms with E-state index >= 15 is 0 Å². The van der Waals surface area contributed by atoms with Gasteiger partial charge in [0.25, 0.3) is 0 Å². The van der Waals surface area contributed by atoms with E-state index in [2.05, 4.69) is 4.98 Å². The van der Waals surface area contributed by atoms with Crippen molar-refractivity contribution in [1.82, 2.24) is 4.98 Å². The molecule has 1 unspecified atom stereocenters. The van der Waals surface area contributed by atoms with Gasteiger partial charge in [0.2, 0.25) is 0 Å². The Morgan fingerprint density at radius 1 is 1.10 bits per heavy atom. The highest BCUT2D eigenvalue weighted by Crippen LogP contribution is 2.33. The number of alkyl halides is 3. The molecule has 3 nitrogen and oxygen atoms in total. The number of benzene rings is 2. The zero-order valence-corrected chi connectivity index (χ0v) is 16.0. The van der Waals surface area contributed by atoms with Crippen molar-refractivity contribution >= 4 is 23.4 Å². The molecular formula is C22H15ClF4N2O. The average molecular weight is 435 g/mol. The third-order valence-electron chi connectivity index (χ3n) is 4.34. The predicted octanol–water partition coefficient (Wildman–Crippen LogP) is 6.08. The van der Waals surface area contributed by atoms with Crippen molar-refractivity contribution in [2.75, 3.05) is 0 Å². The first-order valence-corrected chi connectivity index (χ1v) is 9.06. The SMILES string of the molecule is N=C(C(=Cc1ccc(Cl)cc1)C(O)c1cccnc1)c1cc(C(F)(F)F)ccc1F. The molecule has 1 heterocycles. The Balaban J connectivity index is 2.12. The predicted molar refractivity (Wildman–Crippen MR) is 107 cm³/mol. The number of aromatic nitrogens is 1. The van der Waals surface area contributed by atoms with Crippen LogP contribution < -0.4 is 0 Å². The molecule has 0 saturated carbocycles. The van der Waals surface area contributed by atoms with E-state index in [0.29, 0.717) is 34.3 Å².